The molecular formula is C25H27ClN2O3. The molecule has 1 N–H and O–H groups in total. The lowest BCUT2D eigenvalue weighted by Gasteiger charge is -2.22. The Bertz CT molecular complexity index is 942. The first-order valence-corrected chi connectivity index (χ1v) is 10.8. The number of hydrogen-bond donors (Lipinski definition) is 1. The van der Waals surface area contributed by atoms with Crippen LogP contribution in [0.4, 0.5) is 0 Å². The second kappa shape index (κ2) is 11.4. The zero-order chi connectivity index (χ0) is 22.1. The number of hydrogen-bond acceptors (Lipinski definition) is 3. The van der Waals surface area contributed by atoms with Crippen LogP contribution in [0.5, 0.6) is 5.75 Å². The Labute approximate surface area is 188 Å². The van der Waals surface area contributed by atoms with E-state index >= 15 is 0 Å². The molecule has 0 aliphatic carbocycles. The number of halogens is 1. The Morgan fingerprint density at radius 2 is 1.55 bits per heavy atom. The molecule has 2 aromatic rings. The van der Waals surface area contributed by atoms with E-state index in [1.807, 2.05) is 41.3 Å². The number of nitrogens with zero attached hydrogens (tertiary/aromatic N) is 1. The second-order valence-corrected chi connectivity index (χ2v) is 7.85. The maximum Gasteiger partial charge on any atom is 0.270 e. The van der Waals surface area contributed by atoms with E-state index in [2.05, 4.69) is 5.32 Å². The predicted molar refractivity (Wildman–Crippen MR) is 125 cm³/mol. The number of benzene rings is 2. The van der Waals surface area contributed by atoms with Crippen molar-refractivity contribution in [2.75, 3.05) is 20.2 Å². The molecule has 0 unspecified atom stereocenters. The molecule has 1 heterocycles. The molecule has 0 spiro atoms. The summed E-state index contributed by atoms with van der Waals surface area (Å²) >= 11 is 5.97. The summed E-state index contributed by atoms with van der Waals surface area (Å²) in [6.07, 6.45) is 9.02. The fourth-order valence-corrected chi connectivity index (χ4v) is 3.51. The quantitative estimate of drug-likeness (QED) is 0.651. The topological polar surface area (TPSA) is 58.6 Å². The summed E-state index contributed by atoms with van der Waals surface area (Å²) < 4.78 is 5.14. The minimum absolute atomic E-state index is 0.164. The van der Waals surface area contributed by atoms with Gasteiger partial charge in [-0.1, -0.05) is 48.7 Å². The molecule has 6 heteroatoms. The van der Waals surface area contributed by atoms with Gasteiger partial charge in [-0.25, -0.2) is 0 Å². The minimum atomic E-state index is -0.362. The number of likely N-dealkylation sites (tertiary alicyclic amines) is 1. The third-order valence-electron chi connectivity index (χ3n) is 5.11. The van der Waals surface area contributed by atoms with Gasteiger partial charge in [-0.15, -0.1) is 0 Å². The smallest absolute Gasteiger partial charge is 0.270 e. The lowest BCUT2D eigenvalue weighted by molar-refractivity contribution is -0.128. The molecule has 162 valence electrons. The van der Waals surface area contributed by atoms with Crippen LogP contribution in [-0.2, 0) is 9.59 Å². The fourth-order valence-electron chi connectivity index (χ4n) is 3.38. The van der Waals surface area contributed by atoms with Crippen LogP contribution in [0.25, 0.3) is 12.2 Å². The molecule has 2 amide bonds. The van der Waals surface area contributed by atoms with Gasteiger partial charge in [0.25, 0.3) is 5.91 Å². The van der Waals surface area contributed by atoms with Crippen LogP contribution in [0.15, 0.2) is 60.3 Å². The van der Waals surface area contributed by atoms with E-state index < -0.39 is 0 Å². The summed E-state index contributed by atoms with van der Waals surface area (Å²) in [6, 6.07) is 14.5. The molecule has 5 nitrogen and oxygen atoms in total. The van der Waals surface area contributed by atoms with E-state index in [0.717, 1.165) is 42.6 Å². The van der Waals surface area contributed by atoms with Crippen molar-refractivity contribution in [2.24, 2.45) is 0 Å². The molecule has 2 aromatic carbocycles. The van der Waals surface area contributed by atoms with E-state index in [9.17, 15) is 9.59 Å². The van der Waals surface area contributed by atoms with Crippen LogP contribution in [-0.4, -0.2) is 36.9 Å². The predicted octanol–water partition coefficient (Wildman–Crippen LogP) is 4.92. The summed E-state index contributed by atoms with van der Waals surface area (Å²) in [5.74, 6) is 0.222. The lowest BCUT2D eigenvalue weighted by atomic mass is 10.1. The molecular weight excluding hydrogens is 412 g/mol. The SMILES string of the molecule is COc1ccc(/C=C/C(=O)N/C(=C\c2ccc(Cl)cc2)C(=O)N2CCCCCC2)cc1. The van der Waals surface area contributed by atoms with Crippen molar-refractivity contribution < 1.29 is 14.3 Å². The van der Waals surface area contributed by atoms with E-state index in [1.54, 1.807) is 31.4 Å². The van der Waals surface area contributed by atoms with Gasteiger partial charge in [-0.05, 0) is 60.4 Å². The normalized spacial score (nSPS) is 14.9. The number of carbonyl (C=O) groups excluding carboxylic acids is 2. The van der Waals surface area contributed by atoms with Gasteiger partial charge in [0, 0.05) is 24.2 Å². The van der Waals surface area contributed by atoms with Crippen molar-refractivity contribution in [1.29, 1.82) is 0 Å². The lowest BCUT2D eigenvalue weighted by Crippen LogP contribution is -2.38. The van der Waals surface area contributed by atoms with Crippen LogP contribution in [0, 0.1) is 0 Å². The first-order chi connectivity index (χ1) is 15.0. The Morgan fingerprint density at radius 3 is 2.16 bits per heavy atom. The Balaban J connectivity index is 1.77. The maximum atomic E-state index is 13.2. The van der Waals surface area contributed by atoms with Gasteiger partial charge in [0.15, 0.2) is 0 Å². The molecule has 1 aliphatic heterocycles. The van der Waals surface area contributed by atoms with E-state index in [0.29, 0.717) is 18.1 Å². The Hall–Kier alpha value is -3.05. The third-order valence-corrected chi connectivity index (χ3v) is 5.36. The van der Waals surface area contributed by atoms with Crippen LogP contribution >= 0.6 is 11.6 Å². The van der Waals surface area contributed by atoms with E-state index in [-0.39, 0.29) is 17.5 Å². The Morgan fingerprint density at radius 1 is 0.935 bits per heavy atom. The molecule has 1 saturated heterocycles. The zero-order valence-corrected chi connectivity index (χ0v) is 18.4. The summed E-state index contributed by atoms with van der Waals surface area (Å²) in [5.41, 5.74) is 1.91. The molecule has 0 atom stereocenters. The van der Waals surface area contributed by atoms with Gasteiger partial charge in [-0.2, -0.15) is 0 Å². The molecule has 31 heavy (non-hydrogen) atoms. The summed E-state index contributed by atoms with van der Waals surface area (Å²) in [4.78, 5) is 27.6. The molecule has 1 aliphatic rings. The average Bonchev–Trinajstić information content (AvgIpc) is 3.08. The second-order valence-electron chi connectivity index (χ2n) is 7.41. The number of carbonyl (C=O) groups is 2. The molecule has 0 saturated carbocycles. The Kier molecular flexibility index (Phi) is 8.30. The van der Waals surface area contributed by atoms with Gasteiger partial charge in [0.2, 0.25) is 5.91 Å². The first-order valence-electron chi connectivity index (χ1n) is 10.4. The van der Waals surface area contributed by atoms with Crippen LogP contribution in [0.2, 0.25) is 5.02 Å². The minimum Gasteiger partial charge on any atom is -0.497 e. The standard InChI is InChI=1S/C25H27ClN2O3/c1-31-22-13-8-19(9-14-22)10-15-24(29)27-23(18-20-6-11-21(26)12-7-20)25(30)28-16-4-2-3-5-17-28/h6-15,18H,2-5,16-17H2,1H3,(H,27,29)/b15-10+,23-18-. The van der Waals surface area contributed by atoms with Crippen LogP contribution in [0.1, 0.15) is 36.8 Å². The highest BCUT2D eigenvalue weighted by molar-refractivity contribution is 6.30. The number of rotatable bonds is 6. The van der Waals surface area contributed by atoms with Crippen molar-refractivity contribution in [2.45, 2.75) is 25.7 Å². The van der Waals surface area contributed by atoms with Gasteiger partial charge in [0.1, 0.15) is 11.4 Å². The van der Waals surface area contributed by atoms with Crippen molar-refractivity contribution >= 4 is 35.6 Å². The number of nitrogens with one attached hydrogen (secondary N) is 1. The van der Waals surface area contributed by atoms with Crippen molar-refractivity contribution in [3.05, 3.63) is 76.5 Å². The monoisotopic (exact) mass is 438 g/mol. The maximum absolute atomic E-state index is 13.2. The fraction of sp³-hybridized carbons (Fsp3) is 0.280. The molecule has 0 radical (unpaired) electrons. The number of amides is 2. The highest BCUT2D eigenvalue weighted by Crippen LogP contribution is 2.16. The third kappa shape index (κ3) is 7.00. The highest BCUT2D eigenvalue weighted by Gasteiger charge is 2.20. The summed E-state index contributed by atoms with van der Waals surface area (Å²) in [7, 11) is 1.61. The van der Waals surface area contributed by atoms with Crippen molar-refractivity contribution in [1.82, 2.24) is 10.2 Å². The van der Waals surface area contributed by atoms with Crippen LogP contribution in [0.3, 0.4) is 0 Å². The largest absolute Gasteiger partial charge is 0.497 e. The van der Waals surface area contributed by atoms with Gasteiger partial charge >= 0.3 is 0 Å². The van der Waals surface area contributed by atoms with Gasteiger partial charge < -0.3 is 15.0 Å². The van der Waals surface area contributed by atoms with Crippen molar-refractivity contribution in [3.63, 3.8) is 0 Å². The summed E-state index contributed by atoms with van der Waals surface area (Å²) in [5, 5.41) is 3.39. The molecule has 1 fully saturated rings. The molecule has 3 rings (SSSR count). The highest BCUT2D eigenvalue weighted by atomic mass is 35.5. The van der Waals surface area contributed by atoms with E-state index in [1.165, 1.54) is 6.08 Å². The molecule has 0 aromatic heterocycles. The molecule has 0 bridgehead atoms. The average molecular weight is 439 g/mol. The summed E-state index contributed by atoms with van der Waals surface area (Å²) in [6.45, 7) is 1.41. The number of methoxy groups -OCH3 is 1. The zero-order valence-electron chi connectivity index (χ0n) is 17.6. The van der Waals surface area contributed by atoms with Crippen LogP contribution < -0.4 is 10.1 Å². The van der Waals surface area contributed by atoms with Gasteiger partial charge in [0.05, 0.1) is 7.11 Å². The van der Waals surface area contributed by atoms with Crippen molar-refractivity contribution in [3.8, 4) is 5.75 Å². The first kappa shape index (κ1) is 22.6. The van der Waals surface area contributed by atoms with Gasteiger partial charge in [-0.3, -0.25) is 9.59 Å². The number of ether oxygens (including phenoxy) is 1. The van der Waals surface area contributed by atoms with E-state index in [4.69, 9.17) is 16.3 Å².